The molecule has 0 aromatic heterocycles. The molecule has 8 heteroatoms. The number of para-hydroxylation sites is 1. The lowest BCUT2D eigenvalue weighted by Gasteiger charge is -2.10. The van der Waals surface area contributed by atoms with Crippen molar-refractivity contribution in [3.63, 3.8) is 0 Å². The number of esters is 1. The number of rotatable bonds is 3. The van der Waals surface area contributed by atoms with Gasteiger partial charge in [0.1, 0.15) is 11.4 Å². The topological polar surface area (TPSA) is 75.1 Å². The quantitative estimate of drug-likeness (QED) is 0.658. The number of hydrogen-bond donors (Lipinski definition) is 2. The molecule has 0 saturated carbocycles. The summed E-state index contributed by atoms with van der Waals surface area (Å²) >= 11 is 5.03. The van der Waals surface area contributed by atoms with Gasteiger partial charge < -0.3 is 15.4 Å². The van der Waals surface area contributed by atoms with Crippen LogP contribution in [0, 0.1) is 5.82 Å². The number of carbonyl (C=O) groups is 1. The van der Waals surface area contributed by atoms with Crippen LogP contribution in [0.2, 0.25) is 0 Å². The number of nitrogens with one attached hydrogen (secondary N) is 2. The van der Waals surface area contributed by atoms with Crippen LogP contribution in [0.4, 0.5) is 10.1 Å². The Morgan fingerprint density at radius 2 is 2.15 bits per heavy atom. The molecule has 2 rings (SSSR count). The number of carbonyl (C=O) groups excluding carboxylic acids is 1. The fourth-order valence-corrected chi connectivity index (χ4v) is 1.73. The van der Waals surface area contributed by atoms with Crippen molar-refractivity contribution in [2.75, 3.05) is 19.0 Å². The Kier molecular flexibility index (Phi) is 4.36. The number of hydrogen-bond acceptors (Lipinski definition) is 5. The summed E-state index contributed by atoms with van der Waals surface area (Å²) < 4.78 is 18.0. The van der Waals surface area contributed by atoms with Crippen LogP contribution in [-0.4, -0.2) is 24.7 Å². The first-order chi connectivity index (χ1) is 9.61. The average Bonchev–Trinajstić information content (AvgIpc) is 2.88. The molecular formula is C12H11FN4O2S. The molecule has 0 radical (unpaired) electrons. The van der Waals surface area contributed by atoms with E-state index in [1.807, 2.05) is 0 Å². The Labute approximate surface area is 119 Å². The Balaban J connectivity index is 2.07. The molecule has 0 bridgehead atoms. The molecule has 1 aliphatic heterocycles. The van der Waals surface area contributed by atoms with Gasteiger partial charge in [-0.1, -0.05) is 12.1 Å². The first-order valence-electron chi connectivity index (χ1n) is 5.63. The highest BCUT2D eigenvalue weighted by Crippen LogP contribution is 2.15. The zero-order valence-electron chi connectivity index (χ0n) is 10.5. The van der Waals surface area contributed by atoms with E-state index < -0.39 is 11.8 Å². The molecule has 0 saturated heterocycles. The number of ether oxygens (including phenoxy) is 1. The molecule has 1 aromatic carbocycles. The minimum absolute atomic E-state index is 0.104. The number of thiocarbonyl (C=S) groups is 1. The highest BCUT2D eigenvalue weighted by molar-refractivity contribution is 7.80. The predicted octanol–water partition coefficient (Wildman–Crippen LogP) is 1.96. The van der Waals surface area contributed by atoms with E-state index in [-0.39, 0.29) is 28.7 Å². The van der Waals surface area contributed by atoms with Crippen LogP contribution in [-0.2, 0) is 9.53 Å². The Morgan fingerprint density at radius 3 is 2.85 bits per heavy atom. The number of benzene rings is 1. The van der Waals surface area contributed by atoms with Crippen LogP contribution in [0.25, 0.3) is 0 Å². The average molecular weight is 294 g/mol. The maximum Gasteiger partial charge on any atom is 0.339 e. The lowest BCUT2D eigenvalue weighted by Crippen LogP contribution is -2.29. The highest BCUT2D eigenvalue weighted by atomic mass is 32.1. The molecular weight excluding hydrogens is 283 g/mol. The zero-order chi connectivity index (χ0) is 14.5. The minimum Gasteiger partial charge on any atom is -0.466 e. The van der Waals surface area contributed by atoms with E-state index in [9.17, 15) is 9.18 Å². The number of anilines is 1. The summed E-state index contributed by atoms with van der Waals surface area (Å²) in [6, 6.07) is 6.08. The normalized spacial score (nSPS) is 13.3. The van der Waals surface area contributed by atoms with Crippen molar-refractivity contribution in [2.45, 2.75) is 0 Å². The second-order valence-corrected chi connectivity index (χ2v) is 4.19. The summed E-state index contributed by atoms with van der Waals surface area (Å²) in [7, 11) is 1.27. The van der Waals surface area contributed by atoms with Gasteiger partial charge in [-0.3, -0.25) is 0 Å². The standard InChI is InChI=1S/C12H11FN4O2S/c1-19-11(18)7-6-14-17-10(7)16-12(20)15-9-5-3-2-4-8(9)13/h2-5H,6H2,1H3,(H2,15,16,20). The molecule has 0 aliphatic carbocycles. The van der Waals surface area contributed by atoms with Crippen molar-refractivity contribution >= 4 is 29.0 Å². The SMILES string of the molecule is COC(=O)C1=C(NC(=S)Nc2ccccc2F)N=NC1. The van der Waals surface area contributed by atoms with E-state index >= 15 is 0 Å². The summed E-state index contributed by atoms with van der Waals surface area (Å²) in [5.41, 5.74) is 0.491. The van der Waals surface area contributed by atoms with E-state index in [1.165, 1.54) is 19.2 Å². The van der Waals surface area contributed by atoms with E-state index in [0.717, 1.165) is 0 Å². The number of methoxy groups -OCH3 is 1. The third kappa shape index (κ3) is 3.15. The monoisotopic (exact) mass is 294 g/mol. The van der Waals surface area contributed by atoms with Crippen LogP contribution < -0.4 is 10.6 Å². The summed E-state index contributed by atoms with van der Waals surface area (Å²) in [5, 5.41) is 12.9. The number of nitrogens with zero attached hydrogens (tertiary/aromatic N) is 2. The molecule has 0 fully saturated rings. The third-order valence-electron chi connectivity index (χ3n) is 2.47. The molecule has 0 unspecified atom stereocenters. The molecule has 2 N–H and O–H groups in total. The van der Waals surface area contributed by atoms with E-state index in [2.05, 4.69) is 25.6 Å². The van der Waals surface area contributed by atoms with Crippen molar-refractivity contribution in [2.24, 2.45) is 10.2 Å². The summed E-state index contributed by atoms with van der Waals surface area (Å²) in [6.07, 6.45) is 0. The summed E-state index contributed by atoms with van der Waals surface area (Å²) in [6.45, 7) is 0.122. The second-order valence-electron chi connectivity index (χ2n) is 3.78. The van der Waals surface area contributed by atoms with Crippen molar-refractivity contribution in [1.29, 1.82) is 0 Å². The van der Waals surface area contributed by atoms with Crippen molar-refractivity contribution in [3.8, 4) is 0 Å². The van der Waals surface area contributed by atoms with Gasteiger partial charge in [-0.25, -0.2) is 9.18 Å². The molecule has 1 heterocycles. The lowest BCUT2D eigenvalue weighted by atomic mass is 10.3. The molecule has 0 amide bonds. The maximum atomic E-state index is 13.4. The first kappa shape index (κ1) is 14.1. The lowest BCUT2D eigenvalue weighted by molar-refractivity contribution is -0.136. The molecule has 104 valence electrons. The van der Waals surface area contributed by atoms with E-state index in [4.69, 9.17) is 12.2 Å². The Hall–Kier alpha value is -2.35. The molecule has 1 aromatic rings. The molecule has 20 heavy (non-hydrogen) atoms. The molecule has 0 atom stereocenters. The van der Waals surface area contributed by atoms with Gasteiger partial charge in [0.2, 0.25) is 0 Å². The maximum absolute atomic E-state index is 13.4. The fourth-order valence-electron chi connectivity index (χ4n) is 1.52. The minimum atomic E-state index is -0.536. The van der Waals surface area contributed by atoms with Crippen molar-refractivity contribution in [1.82, 2.24) is 5.32 Å². The first-order valence-corrected chi connectivity index (χ1v) is 6.04. The van der Waals surface area contributed by atoms with Crippen LogP contribution in [0.1, 0.15) is 0 Å². The fraction of sp³-hybridized carbons (Fsp3) is 0.167. The van der Waals surface area contributed by atoms with Gasteiger partial charge in [0.05, 0.1) is 19.3 Å². The van der Waals surface area contributed by atoms with Gasteiger partial charge in [0, 0.05) is 0 Å². The number of azo groups is 1. The van der Waals surface area contributed by atoms with Crippen molar-refractivity contribution in [3.05, 3.63) is 41.5 Å². The third-order valence-corrected chi connectivity index (χ3v) is 2.68. The highest BCUT2D eigenvalue weighted by Gasteiger charge is 2.21. The Morgan fingerprint density at radius 1 is 1.40 bits per heavy atom. The summed E-state index contributed by atoms with van der Waals surface area (Å²) in [5.74, 6) is -0.774. The van der Waals surface area contributed by atoms with Crippen LogP contribution in [0.5, 0.6) is 0 Å². The second kappa shape index (κ2) is 6.20. The largest absolute Gasteiger partial charge is 0.466 e. The smallest absolute Gasteiger partial charge is 0.339 e. The molecule has 6 nitrogen and oxygen atoms in total. The van der Waals surface area contributed by atoms with Gasteiger partial charge in [0.25, 0.3) is 0 Å². The Bertz CT molecular complexity index is 615. The van der Waals surface area contributed by atoms with Gasteiger partial charge >= 0.3 is 5.97 Å². The molecule has 0 spiro atoms. The van der Waals surface area contributed by atoms with Crippen molar-refractivity contribution < 1.29 is 13.9 Å². The van der Waals surface area contributed by atoms with Crippen LogP contribution in [0.3, 0.4) is 0 Å². The molecule has 1 aliphatic rings. The van der Waals surface area contributed by atoms with Crippen LogP contribution >= 0.6 is 12.2 Å². The summed E-state index contributed by atoms with van der Waals surface area (Å²) in [4.78, 5) is 11.5. The van der Waals surface area contributed by atoms with E-state index in [0.29, 0.717) is 0 Å². The number of halogens is 1. The van der Waals surface area contributed by atoms with Gasteiger partial charge in [-0.2, -0.15) is 5.11 Å². The van der Waals surface area contributed by atoms with Gasteiger partial charge in [0.15, 0.2) is 10.9 Å². The van der Waals surface area contributed by atoms with Gasteiger partial charge in [-0.05, 0) is 24.4 Å². The van der Waals surface area contributed by atoms with Crippen LogP contribution in [0.15, 0.2) is 45.9 Å². The zero-order valence-corrected chi connectivity index (χ0v) is 11.3. The van der Waals surface area contributed by atoms with Gasteiger partial charge in [-0.15, -0.1) is 5.11 Å². The predicted molar refractivity (Wildman–Crippen MR) is 74.5 cm³/mol. The van der Waals surface area contributed by atoms with E-state index in [1.54, 1.807) is 12.1 Å².